The van der Waals surface area contributed by atoms with Crippen LogP contribution in [0, 0.1) is 0 Å². The topological polar surface area (TPSA) is 92.5 Å². The Kier molecular flexibility index (Phi) is 6.52. The summed E-state index contributed by atoms with van der Waals surface area (Å²) in [4.78, 5) is 40.1. The van der Waals surface area contributed by atoms with Crippen molar-refractivity contribution < 1.29 is 14.4 Å². The van der Waals surface area contributed by atoms with Crippen molar-refractivity contribution in [2.75, 3.05) is 11.9 Å². The van der Waals surface area contributed by atoms with E-state index in [1.54, 1.807) is 4.90 Å². The van der Waals surface area contributed by atoms with Gasteiger partial charge in [0.2, 0.25) is 11.8 Å². The minimum Gasteiger partial charge on any atom is -0.365 e. The van der Waals surface area contributed by atoms with E-state index in [-0.39, 0.29) is 24.4 Å². The largest absolute Gasteiger partial charge is 0.365 e. The molecule has 1 saturated carbocycles. The summed E-state index contributed by atoms with van der Waals surface area (Å²) in [6, 6.07) is 0.155. The lowest BCUT2D eigenvalue weighted by atomic mass is 9.95. The van der Waals surface area contributed by atoms with Crippen molar-refractivity contribution in [3.8, 4) is 0 Å². The molecule has 1 aromatic heterocycles. The number of thiophene rings is 1. The van der Waals surface area contributed by atoms with Gasteiger partial charge in [0, 0.05) is 17.3 Å². The molecule has 0 spiro atoms. The maximum Gasteiger partial charge on any atom is 0.251 e. The minimum atomic E-state index is -0.487. The van der Waals surface area contributed by atoms with E-state index < -0.39 is 5.91 Å². The van der Waals surface area contributed by atoms with E-state index in [0.717, 1.165) is 68.2 Å². The lowest BCUT2D eigenvalue weighted by Crippen LogP contribution is -2.43. The van der Waals surface area contributed by atoms with Gasteiger partial charge in [-0.3, -0.25) is 14.4 Å². The number of hydrogen-bond donors (Lipinski definition) is 2. The first kappa shape index (κ1) is 19.9. The van der Waals surface area contributed by atoms with Gasteiger partial charge in [0.1, 0.15) is 11.5 Å². The molecule has 3 rings (SSSR count). The molecule has 0 radical (unpaired) electrons. The number of primary amides is 1. The zero-order valence-electron chi connectivity index (χ0n) is 16.0. The Morgan fingerprint density at radius 3 is 2.52 bits per heavy atom. The molecule has 3 N–H and O–H groups in total. The second kappa shape index (κ2) is 8.87. The summed E-state index contributed by atoms with van der Waals surface area (Å²) in [7, 11) is 0. The van der Waals surface area contributed by atoms with E-state index in [2.05, 4.69) is 5.32 Å². The van der Waals surface area contributed by atoms with Crippen LogP contribution < -0.4 is 11.1 Å². The molecule has 0 aromatic carbocycles. The number of nitrogens with zero attached hydrogens (tertiary/aromatic N) is 1. The molecule has 0 aliphatic heterocycles. The van der Waals surface area contributed by atoms with Gasteiger partial charge in [0.15, 0.2) is 0 Å². The van der Waals surface area contributed by atoms with Crippen LogP contribution in [0.3, 0.4) is 0 Å². The normalized spacial score (nSPS) is 16.8. The second-order valence-corrected chi connectivity index (χ2v) is 8.64. The fraction of sp³-hybridized carbons (Fsp3) is 0.650. The molecule has 148 valence electrons. The van der Waals surface area contributed by atoms with Gasteiger partial charge in [-0.1, -0.05) is 19.8 Å². The minimum absolute atomic E-state index is 0.0418. The van der Waals surface area contributed by atoms with E-state index in [1.807, 2.05) is 6.92 Å². The Bertz CT molecular complexity index is 722. The Balaban J connectivity index is 1.75. The summed E-state index contributed by atoms with van der Waals surface area (Å²) in [6.07, 6.45) is 9.26. The van der Waals surface area contributed by atoms with Crippen molar-refractivity contribution in [1.29, 1.82) is 0 Å². The van der Waals surface area contributed by atoms with E-state index in [1.165, 1.54) is 11.3 Å². The van der Waals surface area contributed by atoms with Gasteiger partial charge >= 0.3 is 0 Å². The molecule has 0 bridgehead atoms. The van der Waals surface area contributed by atoms with Crippen LogP contribution in [0.2, 0.25) is 0 Å². The summed E-state index contributed by atoms with van der Waals surface area (Å²) >= 11 is 1.46. The highest BCUT2D eigenvalue weighted by Crippen LogP contribution is 2.38. The maximum absolute atomic E-state index is 12.7. The summed E-state index contributed by atoms with van der Waals surface area (Å²) in [5, 5.41) is 3.43. The first-order valence-corrected chi connectivity index (χ1v) is 10.9. The number of aryl methyl sites for hydroxylation is 1. The van der Waals surface area contributed by atoms with Crippen molar-refractivity contribution in [2.45, 2.75) is 77.2 Å². The number of anilines is 1. The third kappa shape index (κ3) is 4.51. The Morgan fingerprint density at radius 1 is 1.15 bits per heavy atom. The van der Waals surface area contributed by atoms with Crippen LogP contribution in [-0.4, -0.2) is 35.2 Å². The molecule has 7 heteroatoms. The van der Waals surface area contributed by atoms with Gasteiger partial charge in [-0.25, -0.2) is 0 Å². The smallest absolute Gasteiger partial charge is 0.251 e. The van der Waals surface area contributed by atoms with Crippen LogP contribution in [0.4, 0.5) is 5.00 Å². The van der Waals surface area contributed by atoms with E-state index in [0.29, 0.717) is 17.0 Å². The van der Waals surface area contributed by atoms with E-state index in [9.17, 15) is 14.4 Å². The fourth-order valence-electron chi connectivity index (χ4n) is 4.23. The van der Waals surface area contributed by atoms with Gasteiger partial charge in [0.25, 0.3) is 5.91 Å². The Morgan fingerprint density at radius 2 is 1.85 bits per heavy atom. The highest BCUT2D eigenvalue weighted by Gasteiger charge is 2.29. The molecule has 0 atom stereocenters. The van der Waals surface area contributed by atoms with Crippen LogP contribution >= 0.6 is 11.3 Å². The van der Waals surface area contributed by atoms with E-state index >= 15 is 0 Å². The lowest BCUT2D eigenvalue weighted by molar-refractivity contribution is -0.137. The monoisotopic (exact) mass is 391 g/mol. The third-order valence-corrected chi connectivity index (χ3v) is 6.74. The number of nitrogens with two attached hydrogens (primary N) is 1. The van der Waals surface area contributed by atoms with Crippen molar-refractivity contribution in [1.82, 2.24) is 4.90 Å². The number of amides is 3. The quantitative estimate of drug-likeness (QED) is 0.747. The van der Waals surface area contributed by atoms with Crippen LogP contribution in [0.5, 0.6) is 0 Å². The van der Waals surface area contributed by atoms with Crippen LogP contribution in [0.15, 0.2) is 0 Å². The third-order valence-electron chi connectivity index (χ3n) is 5.53. The van der Waals surface area contributed by atoms with Crippen molar-refractivity contribution in [2.24, 2.45) is 5.73 Å². The number of carbonyl (C=O) groups is 3. The second-order valence-electron chi connectivity index (χ2n) is 7.54. The van der Waals surface area contributed by atoms with Gasteiger partial charge in [-0.2, -0.15) is 0 Å². The molecule has 2 aliphatic rings. The average molecular weight is 392 g/mol. The Hall–Kier alpha value is -1.89. The molecule has 0 saturated heterocycles. The van der Waals surface area contributed by atoms with Crippen molar-refractivity contribution in [3.05, 3.63) is 16.0 Å². The fourth-order valence-corrected chi connectivity index (χ4v) is 5.54. The molecule has 6 nitrogen and oxygen atoms in total. The van der Waals surface area contributed by atoms with Gasteiger partial charge in [-0.15, -0.1) is 11.3 Å². The average Bonchev–Trinajstić information content (AvgIpc) is 3.27. The summed E-state index contributed by atoms with van der Waals surface area (Å²) < 4.78 is 0. The zero-order valence-corrected chi connectivity index (χ0v) is 16.8. The molecular formula is C20H29N3O3S. The molecule has 27 heavy (non-hydrogen) atoms. The molecule has 1 aromatic rings. The number of hydrogen-bond acceptors (Lipinski definition) is 4. The summed E-state index contributed by atoms with van der Waals surface area (Å²) in [5.41, 5.74) is 7.07. The Labute approximate surface area is 164 Å². The van der Waals surface area contributed by atoms with E-state index in [4.69, 9.17) is 5.73 Å². The molecule has 1 heterocycles. The van der Waals surface area contributed by atoms with Crippen LogP contribution in [0.1, 0.15) is 79.1 Å². The first-order valence-electron chi connectivity index (χ1n) is 10.0. The SMILES string of the molecule is CCCC(=O)N(CC(=O)Nc1sc2c(c1C(N)=O)CCCC2)C1CCCC1. The lowest BCUT2D eigenvalue weighted by Gasteiger charge is -2.28. The number of fused-ring (bicyclic) bond motifs is 1. The zero-order chi connectivity index (χ0) is 19.4. The molecule has 3 amide bonds. The molecular weight excluding hydrogens is 362 g/mol. The van der Waals surface area contributed by atoms with Gasteiger partial charge in [-0.05, 0) is 50.5 Å². The predicted octanol–water partition coefficient (Wildman–Crippen LogP) is 3.24. The molecule has 2 aliphatic carbocycles. The van der Waals surface area contributed by atoms with Gasteiger partial charge in [0.05, 0.1) is 5.56 Å². The van der Waals surface area contributed by atoms with Crippen LogP contribution in [0.25, 0.3) is 0 Å². The predicted molar refractivity (Wildman–Crippen MR) is 107 cm³/mol. The first-order chi connectivity index (χ1) is 13.0. The maximum atomic E-state index is 12.7. The van der Waals surface area contributed by atoms with Crippen molar-refractivity contribution in [3.63, 3.8) is 0 Å². The summed E-state index contributed by atoms with van der Waals surface area (Å²) in [6.45, 7) is 2.02. The standard InChI is InChI=1S/C20H29N3O3S/c1-2-7-17(25)23(13-8-3-4-9-13)12-16(24)22-20-18(19(21)26)14-10-5-6-11-15(14)27-20/h13H,2-12H2,1H3,(H2,21,26)(H,22,24). The molecule has 1 fully saturated rings. The van der Waals surface area contributed by atoms with Crippen LogP contribution in [-0.2, 0) is 22.4 Å². The highest BCUT2D eigenvalue weighted by atomic mass is 32.1. The number of nitrogens with one attached hydrogen (secondary N) is 1. The van der Waals surface area contributed by atoms with Gasteiger partial charge < -0.3 is 16.0 Å². The highest BCUT2D eigenvalue weighted by molar-refractivity contribution is 7.17. The number of rotatable bonds is 7. The summed E-state index contributed by atoms with van der Waals surface area (Å²) in [5.74, 6) is -0.688. The number of carbonyl (C=O) groups excluding carboxylic acids is 3. The van der Waals surface area contributed by atoms with Crippen molar-refractivity contribution >= 4 is 34.1 Å². The molecule has 0 unspecified atom stereocenters.